The van der Waals surface area contributed by atoms with Gasteiger partial charge in [-0.15, -0.1) is 0 Å². The third kappa shape index (κ3) is 3.84. The van der Waals surface area contributed by atoms with Crippen molar-refractivity contribution in [3.63, 3.8) is 0 Å². The van der Waals surface area contributed by atoms with Crippen molar-refractivity contribution in [2.24, 2.45) is 0 Å². The fourth-order valence-electron chi connectivity index (χ4n) is 3.14. The molecular formula is C22H18F3N3. The zero-order valence-corrected chi connectivity index (χ0v) is 15.2. The van der Waals surface area contributed by atoms with Crippen LogP contribution in [0.15, 0.2) is 54.6 Å². The molecule has 6 heteroatoms. The second-order valence-electron chi connectivity index (χ2n) is 6.42. The van der Waals surface area contributed by atoms with Crippen LogP contribution >= 0.6 is 0 Å². The van der Waals surface area contributed by atoms with E-state index in [9.17, 15) is 18.4 Å². The molecule has 3 aromatic rings. The van der Waals surface area contributed by atoms with Crippen LogP contribution in [0.5, 0.6) is 0 Å². The molecule has 0 aliphatic carbocycles. The van der Waals surface area contributed by atoms with Gasteiger partial charge in [-0.05, 0) is 29.7 Å². The van der Waals surface area contributed by atoms with Crippen molar-refractivity contribution < 1.29 is 13.2 Å². The van der Waals surface area contributed by atoms with Gasteiger partial charge in [-0.1, -0.05) is 55.8 Å². The molecule has 0 atom stereocenters. The number of hydrogen-bond acceptors (Lipinski definition) is 3. The summed E-state index contributed by atoms with van der Waals surface area (Å²) >= 11 is 0. The molecule has 0 radical (unpaired) electrons. The van der Waals surface area contributed by atoms with Crippen LogP contribution in [0.25, 0.3) is 22.4 Å². The molecule has 3 nitrogen and oxygen atoms in total. The van der Waals surface area contributed by atoms with Gasteiger partial charge in [0.15, 0.2) is 0 Å². The standard InChI is InChI=1S/C22H18F3N3/c1-2-5-14-8-10-15(11-9-14)20-12-17(18(13-26)21(27)28-20)16-6-3-4-7-19(16)22(23,24)25/h3-4,6-12H,2,5H2,1H3,(H2,27,28). The Bertz CT molecular complexity index is 1030. The van der Waals surface area contributed by atoms with Crippen LogP contribution in [0.1, 0.15) is 30.0 Å². The van der Waals surface area contributed by atoms with Crippen molar-refractivity contribution in [3.05, 3.63) is 71.3 Å². The van der Waals surface area contributed by atoms with E-state index in [0.29, 0.717) is 5.69 Å². The van der Waals surface area contributed by atoms with Crippen molar-refractivity contribution >= 4 is 5.82 Å². The number of rotatable bonds is 4. The first-order valence-electron chi connectivity index (χ1n) is 8.81. The number of nitrogens with two attached hydrogens (primary N) is 1. The molecule has 3 rings (SSSR count). The largest absolute Gasteiger partial charge is 0.417 e. The zero-order chi connectivity index (χ0) is 20.3. The normalized spacial score (nSPS) is 11.2. The summed E-state index contributed by atoms with van der Waals surface area (Å²) in [7, 11) is 0. The Hall–Kier alpha value is -3.33. The van der Waals surface area contributed by atoms with E-state index < -0.39 is 11.7 Å². The maximum absolute atomic E-state index is 13.5. The number of anilines is 1. The number of halogens is 3. The Labute approximate surface area is 161 Å². The Morgan fingerprint density at radius 1 is 1.04 bits per heavy atom. The molecule has 1 heterocycles. The Kier molecular flexibility index (Phi) is 5.36. The number of alkyl halides is 3. The lowest BCUT2D eigenvalue weighted by molar-refractivity contribution is -0.137. The summed E-state index contributed by atoms with van der Waals surface area (Å²) in [4.78, 5) is 4.24. The van der Waals surface area contributed by atoms with Gasteiger partial charge in [0, 0.05) is 11.1 Å². The van der Waals surface area contributed by atoms with E-state index in [2.05, 4.69) is 11.9 Å². The maximum Gasteiger partial charge on any atom is 0.417 e. The lowest BCUT2D eigenvalue weighted by Crippen LogP contribution is -2.08. The average molecular weight is 381 g/mol. The molecule has 0 unspecified atom stereocenters. The molecule has 0 aliphatic heterocycles. The molecule has 0 bridgehead atoms. The molecule has 0 aliphatic rings. The van der Waals surface area contributed by atoms with Gasteiger partial charge in [0.2, 0.25) is 0 Å². The average Bonchev–Trinajstić information content (AvgIpc) is 2.67. The smallest absolute Gasteiger partial charge is 0.383 e. The van der Waals surface area contributed by atoms with E-state index >= 15 is 0 Å². The molecule has 2 aromatic carbocycles. The van der Waals surface area contributed by atoms with Crippen LogP contribution in [-0.4, -0.2) is 4.98 Å². The summed E-state index contributed by atoms with van der Waals surface area (Å²) in [5, 5.41) is 9.46. The quantitative estimate of drug-likeness (QED) is 0.617. The summed E-state index contributed by atoms with van der Waals surface area (Å²) in [5.41, 5.74) is 7.38. The van der Waals surface area contributed by atoms with Crippen molar-refractivity contribution in [2.45, 2.75) is 25.9 Å². The molecule has 0 spiro atoms. The van der Waals surface area contributed by atoms with Gasteiger partial charge in [-0.25, -0.2) is 4.98 Å². The Balaban J connectivity index is 2.19. The van der Waals surface area contributed by atoms with Gasteiger partial charge >= 0.3 is 6.18 Å². The Morgan fingerprint density at radius 2 is 1.71 bits per heavy atom. The minimum atomic E-state index is -4.55. The van der Waals surface area contributed by atoms with Gasteiger partial charge in [-0.3, -0.25) is 0 Å². The highest BCUT2D eigenvalue weighted by Gasteiger charge is 2.34. The molecule has 2 N–H and O–H groups in total. The second-order valence-corrected chi connectivity index (χ2v) is 6.42. The fraction of sp³-hybridized carbons (Fsp3) is 0.182. The summed E-state index contributed by atoms with van der Waals surface area (Å²) in [6.07, 6.45) is -2.60. The highest BCUT2D eigenvalue weighted by atomic mass is 19.4. The van der Waals surface area contributed by atoms with Gasteiger partial charge in [0.1, 0.15) is 17.5 Å². The summed E-state index contributed by atoms with van der Waals surface area (Å²) in [6, 6.07) is 16.2. The molecule has 0 saturated heterocycles. The lowest BCUT2D eigenvalue weighted by Gasteiger charge is -2.15. The first kappa shape index (κ1) is 19.4. The van der Waals surface area contributed by atoms with E-state index in [4.69, 9.17) is 5.73 Å². The molecule has 0 fully saturated rings. The highest BCUT2D eigenvalue weighted by molar-refractivity contribution is 5.82. The number of aromatic nitrogens is 1. The van der Waals surface area contributed by atoms with E-state index in [1.807, 2.05) is 30.3 Å². The topological polar surface area (TPSA) is 62.7 Å². The molecule has 28 heavy (non-hydrogen) atoms. The van der Waals surface area contributed by atoms with Crippen LogP contribution in [0.3, 0.4) is 0 Å². The van der Waals surface area contributed by atoms with E-state index in [-0.39, 0.29) is 22.5 Å². The van der Waals surface area contributed by atoms with E-state index in [0.717, 1.165) is 30.0 Å². The monoisotopic (exact) mass is 381 g/mol. The number of hydrogen-bond donors (Lipinski definition) is 1. The summed E-state index contributed by atoms with van der Waals surface area (Å²) < 4.78 is 40.4. The minimum absolute atomic E-state index is 0.0666. The van der Waals surface area contributed by atoms with E-state index in [1.165, 1.54) is 24.3 Å². The molecular weight excluding hydrogens is 363 g/mol. The fourth-order valence-corrected chi connectivity index (χ4v) is 3.14. The SMILES string of the molecule is CCCc1ccc(-c2cc(-c3ccccc3C(F)(F)F)c(C#N)c(N)n2)cc1. The first-order valence-corrected chi connectivity index (χ1v) is 8.81. The molecule has 0 amide bonds. The number of nitrogen functional groups attached to an aromatic ring is 1. The number of aryl methyl sites for hydroxylation is 1. The molecule has 0 saturated carbocycles. The number of benzene rings is 2. The van der Waals surface area contributed by atoms with Crippen molar-refractivity contribution in [1.29, 1.82) is 5.26 Å². The van der Waals surface area contributed by atoms with Crippen molar-refractivity contribution in [3.8, 4) is 28.5 Å². The van der Waals surface area contributed by atoms with Crippen molar-refractivity contribution in [2.75, 3.05) is 5.73 Å². The predicted octanol–water partition coefficient (Wildman–Crippen LogP) is 5.84. The third-order valence-corrected chi connectivity index (χ3v) is 4.47. The molecule has 1 aromatic heterocycles. The van der Waals surface area contributed by atoms with Crippen LogP contribution in [0.2, 0.25) is 0 Å². The van der Waals surface area contributed by atoms with Crippen molar-refractivity contribution in [1.82, 2.24) is 4.98 Å². The van der Waals surface area contributed by atoms with Gasteiger partial charge in [0.25, 0.3) is 0 Å². The number of nitrogens with zero attached hydrogens (tertiary/aromatic N) is 2. The second kappa shape index (κ2) is 7.73. The number of pyridine rings is 1. The van der Waals surface area contributed by atoms with Crippen LogP contribution in [0.4, 0.5) is 19.0 Å². The van der Waals surface area contributed by atoms with Crippen LogP contribution in [0, 0.1) is 11.3 Å². The highest BCUT2D eigenvalue weighted by Crippen LogP contribution is 2.40. The first-order chi connectivity index (χ1) is 13.3. The summed E-state index contributed by atoms with van der Waals surface area (Å²) in [5.74, 6) is -0.0930. The maximum atomic E-state index is 13.5. The van der Waals surface area contributed by atoms with Gasteiger partial charge in [0.05, 0.1) is 11.3 Å². The minimum Gasteiger partial charge on any atom is -0.383 e. The summed E-state index contributed by atoms with van der Waals surface area (Å²) in [6.45, 7) is 2.08. The zero-order valence-electron chi connectivity index (χ0n) is 15.2. The van der Waals surface area contributed by atoms with Gasteiger partial charge in [-0.2, -0.15) is 18.4 Å². The predicted molar refractivity (Wildman–Crippen MR) is 103 cm³/mol. The van der Waals surface area contributed by atoms with E-state index in [1.54, 1.807) is 0 Å². The third-order valence-electron chi connectivity index (χ3n) is 4.47. The van der Waals surface area contributed by atoms with Gasteiger partial charge < -0.3 is 5.73 Å². The lowest BCUT2D eigenvalue weighted by atomic mass is 9.94. The number of nitriles is 1. The Morgan fingerprint density at radius 3 is 2.32 bits per heavy atom. The van der Waals surface area contributed by atoms with Crippen LogP contribution < -0.4 is 5.73 Å². The molecule has 142 valence electrons. The van der Waals surface area contributed by atoms with Crippen LogP contribution in [-0.2, 0) is 12.6 Å².